The second kappa shape index (κ2) is 8.83. The van der Waals surface area contributed by atoms with Crippen LogP contribution in [0.3, 0.4) is 0 Å². The molecule has 0 N–H and O–H groups in total. The maximum absolute atomic E-state index is 12.3. The van der Waals surface area contributed by atoms with Crippen molar-refractivity contribution in [3.8, 4) is 0 Å². The van der Waals surface area contributed by atoms with E-state index in [1.54, 1.807) is 0 Å². The SMILES string of the molecule is COC(=O)C1=C(C)OC(CN2CCN(CC(=O)N3CCOCC3)CC2)C1. The van der Waals surface area contributed by atoms with Crippen molar-refractivity contribution in [2.24, 2.45) is 0 Å². The summed E-state index contributed by atoms with van der Waals surface area (Å²) < 4.78 is 15.9. The molecule has 0 aliphatic carbocycles. The van der Waals surface area contributed by atoms with E-state index < -0.39 is 0 Å². The van der Waals surface area contributed by atoms with E-state index in [-0.39, 0.29) is 18.0 Å². The molecule has 8 heteroatoms. The summed E-state index contributed by atoms with van der Waals surface area (Å²) in [6.45, 7) is 9.35. The van der Waals surface area contributed by atoms with Gasteiger partial charge in [0.15, 0.2) is 0 Å². The lowest BCUT2D eigenvalue weighted by Gasteiger charge is -2.36. The molecule has 8 nitrogen and oxygen atoms in total. The summed E-state index contributed by atoms with van der Waals surface area (Å²) in [7, 11) is 1.40. The lowest BCUT2D eigenvalue weighted by Crippen LogP contribution is -2.52. The van der Waals surface area contributed by atoms with Crippen molar-refractivity contribution in [2.75, 3.05) is 72.7 Å². The summed E-state index contributed by atoms with van der Waals surface area (Å²) in [6.07, 6.45) is 0.611. The molecule has 3 aliphatic heterocycles. The number of morpholine rings is 1. The van der Waals surface area contributed by atoms with Crippen molar-refractivity contribution in [2.45, 2.75) is 19.4 Å². The Morgan fingerprint density at radius 3 is 2.38 bits per heavy atom. The molecule has 0 saturated carbocycles. The average Bonchev–Trinajstić information content (AvgIpc) is 3.03. The number of allylic oxidation sites excluding steroid dienone is 1. The van der Waals surface area contributed by atoms with Crippen molar-refractivity contribution in [3.05, 3.63) is 11.3 Å². The average molecular weight is 367 g/mol. The van der Waals surface area contributed by atoms with Crippen LogP contribution in [0.1, 0.15) is 13.3 Å². The van der Waals surface area contributed by atoms with Crippen molar-refractivity contribution in [1.82, 2.24) is 14.7 Å². The summed E-state index contributed by atoms with van der Waals surface area (Å²) in [5.74, 6) is 0.580. The molecule has 0 bridgehead atoms. The molecule has 3 heterocycles. The minimum atomic E-state index is -0.295. The summed E-state index contributed by atoms with van der Waals surface area (Å²) in [6, 6.07) is 0. The molecule has 2 fully saturated rings. The molecule has 3 rings (SSSR count). The van der Waals surface area contributed by atoms with Crippen LogP contribution < -0.4 is 0 Å². The Kier molecular flexibility index (Phi) is 6.50. The number of piperazine rings is 1. The van der Waals surface area contributed by atoms with E-state index in [4.69, 9.17) is 14.2 Å². The van der Waals surface area contributed by atoms with Gasteiger partial charge < -0.3 is 19.1 Å². The molecule has 3 aliphatic rings. The van der Waals surface area contributed by atoms with E-state index in [1.165, 1.54) is 7.11 Å². The van der Waals surface area contributed by atoms with Crippen molar-refractivity contribution in [1.29, 1.82) is 0 Å². The molecule has 0 spiro atoms. The maximum atomic E-state index is 12.3. The first-order valence-corrected chi connectivity index (χ1v) is 9.31. The van der Waals surface area contributed by atoms with E-state index in [0.29, 0.717) is 50.6 Å². The normalized spacial score (nSPS) is 25.3. The number of methoxy groups -OCH3 is 1. The lowest BCUT2D eigenvalue weighted by molar-refractivity contribution is -0.137. The highest BCUT2D eigenvalue weighted by molar-refractivity contribution is 5.89. The number of rotatable bonds is 5. The van der Waals surface area contributed by atoms with Gasteiger partial charge in [-0.3, -0.25) is 14.6 Å². The zero-order valence-electron chi connectivity index (χ0n) is 15.7. The molecule has 146 valence electrons. The van der Waals surface area contributed by atoms with Gasteiger partial charge in [0.1, 0.15) is 11.9 Å². The van der Waals surface area contributed by atoms with E-state index in [0.717, 1.165) is 32.7 Å². The van der Waals surface area contributed by atoms with E-state index in [1.807, 2.05) is 11.8 Å². The first kappa shape index (κ1) is 19.1. The number of carbonyl (C=O) groups excluding carboxylic acids is 2. The monoisotopic (exact) mass is 367 g/mol. The zero-order valence-corrected chi connectivity index (χ0v) is 15.7. The summed E-state index contributed by atoms with van der Waals surface area (Å²) >= 11 is 0. The number of hydrogen-bond donors (Lipinski definition) is 0. The third-order valence-electron chi connectivity index (χ3n) is 5.28. The fourth-order valence-electron chi connectivity index (χ4n) is 3.71. The highest BCUT2D eigenvalue weighted by atomic mass is 16.5. The molecule has 0 aromatic heterocycles. The van der Waals surface area contributed by atoms with E-state index >= 15 is 0 Å². The van der Waals surface area contributed by atoms with Crippen LogP contribution in [0.5, 0.6) is 0 Å². The molecular formula is C18H29N3O5. The third kappa shape index (κ3) is 4.75. The van der Waals surface area contributed by atoms with Crippen molar-refractivity contribution < 1.29 is 23.8 Å². The van der Waals surface area contributed by atoms with Gasteiger partial charge in [0.2, 0.25) is 5.91 Å². The van der Waals surface area contributed by atoms with Crippen LogP contribution in [-0.4, -0.2) is 105 Å². The van der Waals surface area contributed by atoms with Crippen LogP contribution in [0.4, 0.5) is 0 Å². The smallest absolute Gasteiger partial charge is 0.337 e. The summed E-state index contributed by atoms with van der Waals surface area (Å²) in [4.78, 5) is 30.5. The molecule has 0 aromatic rings. The predicted molar refractivity (Wildman–Crippen MR) is 94.5 cm³/mol. The molecule has 1 unspecified atom stereocenters. The van der Waals surface area contributed by atoms with Crippen molar-refractivity contribution in [3.63, 3.8) is 0 Å². The van der Waals surface area contributed by atoms with E-state index in [2.05, 4.69) is 9.80 Å². The number of hydrogen-bond acceptors (Lipinski definition) is 7. The molecule has 26 heavy (non-hydrogen) atoms. The van der Waals surface area contributed by atoms with E-state index in [9.17, 15) is 9.59 Å². The number of amides is 1. The number of esters is 1. The van der Waals surface area contributed by atoms with Gasteiger partial charge in [0, 0.05) is 52.2 Å². The standard InChI is InChI=1S/C18H29N3O5/c1-14-16(18(23)24-2)11-15(26-14)12-19-3-5-20(6-4-19)13-17(22)21-7-9-25-10-8-21/h15H,3-13H2,1-2H3. The highest BCUT2D eigenvalue weighted by Crippen LogP contribution is 2.26. The van der Waals surface area contributed by atoms with Crippen molar-refractivity contribution >= 4 is 11.9 Å². The lowest BCUT2D eigenvalue weighted by atomic mass is 10.1. The minimum absolute atomic E-state index is 0.00521. The Labute approximate surface area is 154 Å². The van der Waals surface area contributed by atoms with Crippen LogP contribution in [0.2, 0.25) is 0 Å². The second-order valence-electron chi connectivity index (χ2n) is 7.04. The predicted octanol–water partition coefficient (Wildman–Crippen LogP) is -0.301. The van der Waals surface area contributed by atoms with Crippen LogP contribution in [0.15, 0.2) is 11.3 Å². The molecule has 1 atom stereocenters. The number of nitrogens with zero attached hydrogens (tertiary/aromatic N) is 3. The molecule has 1 amide bonds. The van der Waals surface area contributed by atoms with Crippen LogP contribution in [0.25, 0.3) is 0 Å². The molecular weight excluding hydrogens is 338 g/mol. The zero-order chi connectivity index (χ0) is 18.5. The van der Waals surface area contributed by atoms with Gasteiger partial charge in [-0.2, -0.15) is 0 Å². The van der Waals surface area contributed by atoms with Gasteiger partial charge in [-0.25, -0.2) is 4.79 Å². The first-order valence-electron chi connectivity index (χ1n) is 9.31. The molecule has 2 saturated heterocycles. The summed E-state index contributed by atoms with van der Waals surface area (Å²) in [5.41, 5.74) is 0.646. The Morgan fingerprint density at radius 2 is 1.73 bits per heavy atom. The largest absolute Gasteiger partial charge is 0.493 e. The van der Waals surface area contributed by atoms with Gasteiger partial charge in [-0.1, -0.05) is 0 Å². The first-order chi connectivity index (χ1) is 12.6. The Balaban J connectivity index is 1.38. The fourth-order valence-corrected chi connectivity index (χ4v) is 3.71. The summed E-state index contributed by atoms with van der Waals surface area (Å²) in [5, 5.41) is 0. The van der Waals surface area contributed by atoms with Gasteiger partial charge in [-0.15, -0.1) is 0 Å². The number of ether oxygens (including phenoxy) is 3. The highest BCUT2D eigenvalue weighted by Gasteiger charge is 2.31. The van der Waals surface area contributed by atoms with Gasteiger partial charge in [0.25, 0.3) is 0 Å². The van der Waals surface area contributed by atoms with Crippen LogP contribution in [0, 0.1) is 0 Å². The molecule has 0 radical (unpaired) electrons. The van der Waals surface area contributed by atoms with Gasteiger partial charge in [-0.05, 0) is 6.92 Å². The van der Waals surface area contributed by atoms with Crippen LogP contribution >= 0.6 is 0 Å². The Morgan fingerprint density at radius 1 is 1.08 bits per heavy atom. The fraction of sp³-hybridized carbons (Fsp3) is 0.778. The topological polar surface area (TPSA) is 71.6 Å². The molecule has 0 aromatic carbocycles. The van der Waals surface area contributed by atoms with Gasteiger partial charge in [0.05, 0.1) is 32.4 Å². The second-order valence-corrected chi connectivity index (χ2v) is 7.04. The number of carbonyl (C=O) groups is 2. The van der Waals surface area contributed by atoms with Crippen LogP contribution in [-0.2, 0) is 23.8 Å². The minimum Gasteiger partial charge on any atom is -0.493 e. The third-order valence-corrected chi connectivity index (χ3v) is 5.28. The maximum Gasteiger partial charge on any atom is 0.337 e. The quantitative estimate of drug-likeness (QED) is 0.618. The Hall–Kier alpha value is -1.64. The van der Waals surface area contributed by atoms with Gasteiger partial charge >= 0.3 is 5.97 Å². The Bertz CT molecular complexity index is 551.